The van der Waals surface area contributed by atoms with Crippen LogP contribution in [0.1, 0.15) is 18.5 Å². The van der Waals surface area contributed by atoms with Crippen LogP contribution >= 0.6 is 0 Å². The zero-order chi connectivity index (χ0) is 15.9. The summed E-state index contributed by atoms with van der Waals surface area (Å²) in [5.41, 5.74) is 1.76. The smallest absolute Gasteiger partial charge is 0.319 e. The molecule has 7 nitrogen and oxygen atoms in total. The topological polar surface area (TPSA) is 102 Å². The van der Waals surface area contributed by atoms with Crippen LogP contribution < -0.4 is 10.6 Å². The molecule has 3 amide bonds. The van der Waals surface area contributed by atoms with Crippen LogP contribution in [-0.2, 0) is 4.79 Å². The molecular formula is C15H17N3O4. The highest BCUT2D eigenvalue weighted by molar-refractivity contribution is 6.01. The summed E-state index contributed by atoms with van der Waals surface area (Å²) < 4.78 is 0. The average Bonchev–Trinajstić information content (AvgIpc) is 2.74. The maximum absolute atomic E-state index is 12.5. The monoisotopic (exact) mass is 303 g/mol. The van der Waals surface area contributed by atoms with Crippen molar-refractivity contribution in [2.24, 2.45) is 0 Å². The minimum Gasteiger partial charge on any atom is -0.508 e. The van der Waals surface area contributed by atoms with Gasteiger partial charge in [-0.2, -0.15) is 0 Å². The lowest BCUT2D eigenvalue weighted by Gasteiger charge is -2.25. The number of carbonyl (C=O) groups is 2. The molecule has 2 aliphatic rings. The molecule has 0 saturated heterocycles. The SMILES string of the molecule is C[C@H](O)CN1CC2=C(C1=O)[C@H](c1ccc(O)cc1)NC(=O)N2. The van der Waals surface area contributed by atoms with Crippen molar-refractivity contribution in [3.05, 3.63) is 41.1 Å². The zero-order valence-corrected chi connectivity index (χ0v) is 12.0. The number of aliphatic hydroxyl groups excluding tert-OH is 1. The summed E-state index contributed by atoms with van der Waals surface area (Å²) in [7, 11) is 0. The first-order valence-corrected chi connectivity index (χ1v) is 7.02. The highest BCUT2D eigenvalue weighted by Gasteiger charge is 2.40. The number of phenols is 1. The molecule has 1 aromatic carbocycles. The second-order valence-electron chi connectivity index (χ2n) is 5.55. The van der Waals surface area contributed by atoms with Gasteiger partial charge in [-0.25, -0.2) is 4.79 Å². The fourth-order valence-electron chi connectivity index (χ4n) is 2.81. The van der Waals surface area contributed by atoms with E-state index in [1.54, 1.807) is 19.1 Å². The van der Waals surface area contributed by atoms with Crippen molar-refractivity contribution in [1.82, 2.24) is 15.5 Å². The van der Waals surface area contributed by atoms with Crippen LogP contribution in [0.15, 0.2) is 35.5 Å². The van der Waals surface area contributed by atoms with E-state index in [9.17, 15) is 19.8 Å². The zero-order valence-electron chi connectivity index (χ0n) is 12.0. The van der Waals surface area contributed by atoms with Crippen LogP contribution in [0.3, 0.4) is 0 Å². The van der Waals surface area contributed by atoms with Gasteiger partial charge in [0.05, 0.1) is 30.0 Å². The summed E-state index contributed by atoms with van der Waals surface area (Å²) in [5.74, 6) is -0.0897. The molecular weight excluding hydrogens is 286 g/mol. The number of rotatable bonds is 3. The van der Waals surface area contributed by atoms with E-state index in [4.69, 9.17) is 0 Å². The Kier molecular flexibility index (Phi) is 3.50. The van der Waals surface area contributed by atoms with E-state index in [0.717, 1.165) is 0 Å². The third-order valence-electron chi connectivity index (χ3n) is 3.73. The predicted molar refractivity (Wildman–Crippen MR) is 77.8 cm³/mol. The summed E-state index contributed by atoms with van der Waals surface area (Å²) in [6.45, 7) is 2.10. The first kappa shape index (κ1) is 14.4. The lowest BCUT2D eigenvalue weighted by Crippen LogP contribution is -2.44. The first-order chi connectivity index (χ1) is 10.5. The second-order valence-corrected chi connectivity index (χ2v) is 5.55. The number of nitrogens with zero attached hydrogens (tertiary/aromatic N) is 1. The molecule has 116 valence electrons. The molecule has 0 aliphatic carbocycles. The van der Waals surface area contributed by atoms with Gasteiger partial charge in [0.2, 0.25) is 0 Å². The molecule has 0 fully saturated rings. The Morgan fingerprint density at radius 1 is 1.32 bits per heavy atom. The summed E-state index contributed by atoms with van der Waals surface area (Å²) in [6.07, 6.45) is -0.638. The van der Waals surface area contributed by atoms with E-state index >= 15 is 0 Å². The fourth-order valence-corrected chi connectivity index (χ4v) is 2.81. The van der Waals surface area contributed by atoms with Crippen molar-refractivity contribution >= 4 is 11.9 Å². The number of benzene rings is 1. The molecule has 0 aromatic heterocycles. The van der Waals surface area contributed by atoms with Gasteiger partial charge in [-0.15, -0.1) is 0 Å². The molecule has 22 heavy (non-hydrogen) atoms. The molecule has 0 saturated carbocycles. The number of aliphatic hydroxyl groups is 1. The highest BCUT2D eigenvalue weighted by atomic mass is 16.3. The van der Waals surface area contributed by atoms with E-state index in [1.807, 2.05) is 0 Å². The predicted octanol–water partition coefficient (Wildman–Crippen LogP) is 0.223. The lowest BCUT2D eigenvalue weighted by atomic mass is 9.96. The number of β-amino-alcohol motifs (C(OH)–C–C–N with tert-alkyl or cyclic N) is 1. The molecule has 3 rings (SSSR count). The van der Waals surface area contributed by atoms with Gasteiger partial charge in [0.1, 0.15) is 5.75 Å². The van der Waals surface area contributed by atoms with Crippen molar-refractivity contribution in [3.63, 3.8) is 0 Å². The Labute approximate surface area is 127 Å². The molecule has 4 N–H and O–H groups in total. The average molecular weight is 303 g/mol. The van der Waals surface area contributed by atoms with Gasteiger partial charge in [0, 0.05) is 6.54 Å². The van der Waals surface area contributed by atoms with E-state index in [-0.39, 0.29) is 30.8 Å². The Morgan fingerprint density at radius 2 is 2.00 bits per heavy atom. The first-order valence-electron chi connectivity index (χ1n) is 7.02. The molecule has 0 radical (unpaired) electrons. The van der Waals surface area contributed by atoms with Crippen molar-refractivity contribution < 1.29 is 19.8 Å². The van der Waals surface area contributed by atoms with Gasteiger partial charge in [-0.1, -0.05) is 12.1 Å². The van der Waals surface area contributed by atoms with Gasteiger partial charge >= 0.3 is 6.03 Å². The largest absolute Gasteiger partial charge is 0.508 e. The van der Waals surface area contributed by atoms with Gasteiger partial charge in [0.25, 0.3) is 5.91 Å². The quantitative estimate of drug-likeness (QED) is 0.641. The summed E-state index contributed by atoms with van der Waals surface area (Å²) in [5, 5.41) is 24.2. The van der Waals surface area contributed by atoms with Gasteiger partial charge in [0.15, 0.2) is 0 Å². The van der Waals surface area contributed by atoms with Crippen LogP contribution in [0.2, 0.25) is 0 Å². The van der Waals surface area contributed by atoms with Crippen LogP contribution in [0.5, 0.6) is 5.75 Å². The molecule has 2 heterocycles. The minimum absolute atomic E-state index is 0.117. The Balaban J connectivity index is 1.94. The van der Waals surface area contributed by atoms with Crippen molar-refractivity contribution in [1.29, 1.82) is 0 Å². The number of hydrogen-bond acceptors (Lipinski definition) is 4. The molecule has 1 aromatic rings. The number of carbonyl (C=O) groups excluding carboxylic acids is 2. The third kappa shape index (κ3) is 2.50. The third-order valence-corrected chi connectivity index (χ3v) is 3.73. The van der Waals surface area contributed by atoms with Crippen LogP contribution in [0.4, 0.5) is 4.79 Å². The van der Waals surface area contributed by atoms with Gasteiger partial charge in [-0.3, -0.25) is 4.79 Å². The van der Waals surface area contributed by atoms with E-state index in [2.05, 4.69) is 10.6 Å². The molecule has 2 atom stereocenters. The van der Waals surface area contributed by atoms with Gasteiger partial charge in [-0.05, 0) is 24.6 Å². The Morgan fingerprint density at radius 3 is 2.64 bits per heavy atom. The number of aromatic hydroxyl groups is 1. The normalized spacial score (nSPS) is 22.3. The van der Waals surface area contributed by atoms with Crippen molar-refractivity contribution in [3.8, 4) is 5.75 Å². The van der Waals surface area contributed by atoms with Crippen molar-refractivity contribution in [2.45, 2.75) is 19.1 Å². The van der Waals surface area contributed by atoms with Crippen LogP contribution in [-0.4, -0.2) is 46.2 Å². The lowest BCUT2D eigenvalue weighted by molar-refractivity contribution is -0.126. The Hall–Kier alpha value is -2.54. The molecule has 7 heteroatoms. The van der Waals surface area contributed by atoms with Crippen LogP contribution in [0, 0.1) is 0 Å². The molecule has 0 unspecified atom stereocenters. The van der Waals surface area contributed by atoms with E-state index in [1.165, 1.54) is 17.0 Å². The Bertz CT molecular complexity index is 651. The minimum atomic E-state index is -0.638. The van der Waals surface area contributed by atoms with Gasteiger partial charge < -0.3 is 25.7 Å². The summed E-state index contributed by atoms with van der Waals surface area (Å²) in [4.78, 5) is 25.9. The highest BCUT2D eigenvalue weighted by Crippen LogP contribution is 2.32. The van der Waals surface area contributed by atoms with E-state index in [0.29, 0.717) is 16.8 Å². The standard InChI is InChI=1S/C15H17N3O4/c1-8(19)6-18-7-11-12(14(18)21)13(17-15(22)16-11)9-2-4-10(20)5-3-9/h2-5,8,13,19-20H,6-7H2,1H3,(H2,16,17,22)/t8-,13-/m0/s1. The summed E-state index contributed by atoms with van der Waals surface area (Å²) in [6, 6.07) is 5.43. The maximum Gasteiger partial charge on any atom is 0.319 e. The summed E-state index contributed by atoms with van der Waals surface area (Å²) >= 11 is 0. The molecule has 2 aliphatic heterocycles. The number of hydrogen-bond donors (Lipinski definition) is 4. The second kappa shape index (κ2) is 5.34. The van der Waals surface area contributed by atoms with E-state index < -0.39 is 12.1 Å². The van der Waals surface area contributed by atoms with Crippen LogP contribution in [0.25, 0.3) is 0 Å². The fraction of sp³-hybridized carbons (Fsp3) is 0.333. The number of amides is 3. The number of nitrogens with one attached hydrogen (secondary N) is 2. The molecule has 0 bridgehead atoms. The molecule has 0 spiro atoms. The number of phenolic OH excluding ortho intramolecular Hbond substituents is 1. The van der Waals surface area contributed by atoms with Crippen molar-refractivity contribution in [2.75, 3.05) is 13.1 Å². The number of urea groups is 1. The maximum atomic E-state index is 12.5.